The van der Waals surface area contributed by atoms with Crippen LogP contribution in [0.25, 0.3) is 11.5 Å². The molecule has 0 saturated carbocycles. The molecule has 0 bridgehead atoms. The van der Waals surface area contributed by atoms with Gasteiger partial charge >= 0.3 is 5.69 Å². The second-order valence-corrected chi connectivity index (χ2v) is 5.53. The lowest BCUT2D eigenvalue weighted by atomic mass is 10.1. The Hall–Kier alpha value is -3.76. The van der Waals surface area contributed by atoms with Gasteiger partial charge in [0.25, 0.3) is 5.89 Å². The number of hydrogen-bond acceptors (Lipinski definition) is 8. The molecule has 9 nitrogen and oxygen atoms in total. The van der Waals surface area contributed by atoms with E-state index in [2.05, 4.69) is 10.1 Å². The number of nitrogens with zero attached hydrogens (tertiary/aromatic N) is 3. The molecule has 1 heterocycles. The first-order valence-corrected chi connectivity index (χ1v) is 7.46. The van der Waals surface area contributed by atoms with Crippen molar-refractivity contribution in [3.63, 3.8) is 0 Å². The largest absolute Gasteiger partial charge is 0.505 e. The number of aromatic hydroxyl groups is 3. The number of phenolic OH excluding ortho intramolecular Hbond substituents is 3. The van der Waals surface area contributed by atoms with Crippen LogP contribution in [0.3, 0.4) is 0 Å². The van der Waals surface area contributed by atoms with Gasteiger partial charge in [-0.25, -0.2) is 8.78 Å². The van der Waals surface area contributed by atoms with Crippen molar-refractivity contribution >= 4 is 5.69 Å². The van der Waals surface area contributed by atoms with Crippen molar-refractivity contribution in [3.8, 4) is 28.7 Å². The summed E-state index contributed by atoms with van der Waals surface area (Å²) in [6, 6.07) is 3.47. The van der Waals surface area contributed by atoms with Crippen molar-refractivity contribution in [2.45, 2.75) is 12.8 Å². The van der Waals surface area contributed by atoms with E-state index in [1.165, 1.54) is 0 Å². The Morgan fingerprint density at radius 3 is 2.48 bits per heavy atom. The minimum Gasteiger partial charge on any atom is -0.505 e. The standard InChI is InChI=1S/C16H11F2N3O6/c17-9-6-10(18)12(22)4-7(9)1-2-14-19-16(27-20-14)8-3-11(21(25)26)15(24)13(23)5-8/h3-6,22-24H,1-2H2. The highest BCUT2D eigenvalue weighted by Gasteiger charge is 2.22. The molecule has 0 amide bonds. The van der Waals surface area contributed by atoms with Crippen LogP contribution in [0.4, 0.5) is 14.5 Å². The molecule has 0 aliphatic heterocycles. The maximum absolute atomic E-state index is 13.7. The van der Waals surface area contributed by atoms with Crippen molar-refractivity contribution in [3.05, 3.63) is 57.4 Å². The van der Waals surface area contributed by atoms with Crippen molar-refractivity contribution in [1.29, 1.82) is 0 Å². The zero-order valence-electron chi connectivity index (χ0n) is 13.4. The van der Waals surface area contributed by atoms with E-state index in [9.17, 15) is 34.2 Å². The van der Waals surface area contributed by atoms with Gasteiger partial charge in [0, 0.05) is 18.6 Å². The van der Waals surface area contributed by atoms with Crippen LogP contribution in [0.15, 0.2) is 28.8 Å². The van der Waals surface area contributed by atoms with Gasteiger partial charge in [-0.05, 0) is 24.1 Å². The topological polar surface area (TPSA) is 143 Å². The summed E-state index contributed by atoms with van der Waals surface area (Å²) in [6.45, 7) is 0. The van der Waals surface area contributed by atoms with Crippen LogP contribution in [0, 0.1) is 21.7 Å². The van der Waals surface area contributed by atoms with Crippen LogP contribution in [-0.4, -0.2) is 30.4 Å². The molecule has 140 valence electrons. The number of hydrogen-bond donors (Lipinski definition) is 3. The SMILES string of the molecule is O=[N+]([O-])c1cc(-c2nc(CCc3cc(O)c(F)cc3F)no2)cc(O)c1O. The van der Waals surface area contributed by atoms with Crippen molar-refractivity contribution in [2.75, 3.05) is 0 Å². The lowest BCUT2D eigenvalue weighted by Crippen LogP contribution is -1.97. The second kappa shape index (κ2) is 6.86. The average molecular weight is 379 g/mol. The quantitative estimate of drug-likeness (QED) is 0.349. The molecule has 0 aliphatic rings. The zero-order valence-corrected chi connectivity index (χ0v) is 13.4. The Balaban J connectivity index is 1.82. The smallest absolute Gasteiger partial charge is 0.315 e. The Morgan fingerprint density at radius 2 is 1.78 bits per heavy atom. The fraction of sp³-hybridized carbons (Fsp3) is 0.125. The van der Waals surface area contributed by atoms with Gasteiger partial charge in [0.1, 0.15) is 5.82 Å². The molecule has 3 aromatic rings. The molecule has 2 aromatic carbocycles. The van der Waals surface area contributed by atoms with Crippen LogP contribution in [-0.2, 0) is 12.8 Å². The first-order valence-electron chi connectivity index (χ1n) is 7.46. The minimum absolute atomic E-state index is 0.00126. The highest BCUT2D eigenvalue weighted by molar-refractivity contribution is 5.67. The Labute approximate surface area is 149 Å². The number of aryl methyl sites for hydroxylation is 2. The molecule has 0 unspecified atom stereocenters. The normalized spacial score (nSPS) is 10.9. The summed E-state index contributed by atoms with van der Waals surface area (Å²) in [6.07, 6.45) is 0.0945. The van der Waals surface area contributed by atoms with E-state index in [0.29, 0.717) is 6.07 Å². The van der Waals surface area contributed by atoms with Crippen LogP contribution < -0.4 is 0 Å². The third-order valence-corrected chi connectivity index (χ3v) is 3.72. The van der Waals surface area contributed by atoms with Gasteiger partial charge in [0.15, 0.2) is 23.1 Å². The first-order chi connectivity index (χ1) is 12.8. The molecule has 0 saturated heterocycles. The molecular weight excluding hydrogens is 368 g/mol. The Bertz CT molecular complexity index is 1040. The van der Waals surface area contributed by atoms with Gasteiger partial charge in [0.05, 0.1) is 10.5 Å². The second-order valence-electron chi connectivity index (χ2n) is 5.53. The maximum Gasteiger partial charge on any atom is 0.315 e. The van der Waals surface area contributed by atoms with Crippen molar-refractivity contribution in [1.82, 2.24) is 10.1 Å². The highest BCUT2D eigenvalue weighted by atomic mass is 19.1. The molecule has 0 aliphatic carbocycles. The van der Waals surface area contributed by atoms with Gasteiger partial charge in [-0.1, -0.05) is 5.16 Å². The number of benzene rings is 2. The fourth-order valence-corrected chi connectivity index (χ4v) is 2.36. The van der Waals surface area contributed by atoms with Gasteiger partial charge in [-0.3, -0.25) is 10.1 Å². The van der Waals surface area contributed by atoms with Gasteiger partial charge < -0.3 is 19.8 Å². The number of aromatic nitrogens is 2. The number of nitro benzene ring substituents is 1. The van der Waals surface area contributed by atoms with E-state index in [1.807, 2.05) is 0 Å². The maximum atomic E-state index is 13.7. The summed E-state index contributed by atoms with van der Waals surface area (Å²) in [5.74, 6) is -4.28. The van der Waals surface area contributed by atoms with Crippen LogP contribution >= 0.6 is 0 Å². The number of rotatable bonds is 5. The van der Waals surface area contributed by atoms with Crippen LogP contribution in [0.1, 0.15) is 11.4 Å². The van der Waals surface area contributed by atoms with Crippen molar-refractivity contribution in [2.24, 2.45) is 0 Å². The third kappa shape index (κ3) is 3.61. The van der Waals surface area contributed by atoms with Crippen LogP contribution in [0.5, 0.6) is 17.2 Å². The molecule has 3 N–H and O–H groups in total. The molecule has 11 heteroatoms. The molecule has 27 heavy (non-hydrogen) atoms. The predicted octanol–water partition coefficient (Wildman–Crippen LogP) is 2.83. The lowest BCUT2D eigenvalue weighted by molar-refractivity contribution is -0.385. The molecule has 0 spiro atoms. The third-order valence-electron chi connectivity index (χ3n) is 3.72. The van der Waals surface area contributed by atoms with Gasteiger partial charge in [-0.2, -0.15) is 4.98 Å². The molecule has 0 atom stereocenters. The first kappa shape index (κ1) is 18.0. The van der Waals surface area contributed by atoms with E-state index >= 15 is 0 Å². The van der Waals surface area contributed by atoms with E-state index in [4.69, 9.17) is 4.52 Å². The Kier molecular flexibility index (Phi) is 4.59. The molecule has 1 aromatic heterocycles. The molecular formula is C16H11F2N3O6. The summed E-state index contributed by atoms with van der Waals surface area (Å²) < 4.78 is 31.7. The Morgan fingerprint density at radius 1 is 1.04 bits per heavy atom. The summed E-state index contributed by atoms with van der Waals surface area (Å²) in [7, 11) is 0. The van der Waals surface area contributed by atoms with Gasteiger partial charge in [-0.15, -0.1) is 0 Å². The summed E-state index contributed by atoms with van der Waals surface area (Å²) >= 11 is 0. The fourth-order valence-electron chi connectivity index (χ4n) is 2.36. The van der Waals surface area contributed by atoms with Gasteiger partial charge in [0.2, 0.25) is 5.75 Å². The lowest BCUT2D eigenvalue weighted by Gasteiger charge is -2.03. The van der Waals surface area contributed by atoms with Crippen LogP contribution in [0.2, 0.25) is 0 Å². The number of phenols is 3. The highest BCUT2D eigenvalue weighted by Crippen LogP contribution is 2.38. The molecule has 3 rings (SSSR count). The number of nitro groups is 1. The summed E-state index contributed by atoms with van der Waals surface area (Å²) in [4.78, 5) is 14.0. The zero-order chi connectivity index (χ0) is 19.7. The molecule has 0 radical (unpaired) electrons. The monoisotopic (exact) mass is 379 g/mol. The molecule has 0 fully saturated rings. The summed E-state index contributed by atoms with van der Waals surface area (Å²) in [5, 5.41) is 42.9. The van der Waals surface area contributed by atoms with E-state index in [-0.39, 0.29) is 35.7 Å². The predicted molar refractivity (Wildman–Crippen MR) is 85.1 cm³/mol. The van der Waals surface area contributed by atoms with E-state index in [0.717, 1.165) is 18.2 Å². The van der Waals surface area contributed by atoms with Crippen molar-refractivity contribution < 1.29 is 33.5 Å². The van der Waals surface area contributed by atoms with E-state index in [1.54, 1.807) is 0 Å². The average Bonchev–Trinajstić information content (AvgIpc) is 3.08. The van der Waals surface area contributed by atoms with E-state index < -0.39 is 39.5 Å². The summed E-state index contributed by atoms with van der Waals surface area (Å²) in [5.41, 5.74) is -0.701. The number of halogens is 2. The minimum atomic E-state index is -1.08.